The van der Waals surface area contributed by atoms with Gasteiger partial charge in [-0.15, -0.1) is 0 Å². The summed E-state index contributed by atoms with van der Waals surface area (Å²) in [5.74, 6) is -0.253. The largest absolute Gasteiger partial charge is 0.362 e. The fourth-order valence-electron chi connectivity index (χ4n) is 3.72. The highest BCUT2D eigenvalue weighted by Crippen LogP contribution is 2.32. The maximum Gasteiger partial charge on any atom is 0.294 e. The molecule has 2 aliphatic rings. The predicted octanol–water partition coefficient (Wildman–Crippen LogP) is 2.96. The molecule has 0 radical (unpaired) electrons. The van der Waals surface area contributed by atoms with Crippen LogP contribution in [0.25, 0.3) is 0 Å². The molecule has 4 rings (SSSR count). The van der Waals surface area contributed by atoms with Crippen LogP contribution in [-0.2, 0) is 10.0 Å². The summed E-state index contributed by atoms with van der Waals surface area (Å²) >= 11 is 5.90. The van der Waals surface area contributed by atoms with Gasteiger partial charge in [-0.2, -0.15) is 0 Å². The SMILES string of the molecule is Cc1ccc(S(=O)(=O)NC2CC2)cc1C(=O)N1CCN(c2ccc(Cl)cc2[N+](=O)[O-])CC1. The second-order valence-corrected chi connectivity index (χ2v) is 10.2. The number of aryl methyl sites for hydroxylation is 1. The number of amides is 1. The van der Waals surface area contributed by atoms with Crippen molar-refractivity contribution in [2.75, 3.05) is 31.1 Å². The van der Waals surface area contributed by atoms with Crippen LogP contribution in [0.1, 0.15) is 28.8 Å². The molecule has 1 aliphatic carbocycles. The third-order valence-corrected chi connectivity index (χ3v) is 7.44. The zero-order valence-corrected chi connectivity index (χ0v) is 19.0. The number of carbonyl (C=O) groups is 1. The van der Waals surface area contributed by atoms with E-state index in [0.29, 0.717) is 43.0 Å². The van der Waals surface area contributed by atoms with E-state index < -0.39 is 14.9 Å². The molecule has 0 bridgehead atoms. The van der Waals surface area contributed by atoms with Crippen LogP contribution in [0.5, 0.6) is 0 Å². The Morgan fingerprint density at radius 1 is 1.12 bits per heavy atom. The zero-order chi connectivity index (χ0) is 23.0. The van der Waals surface area contributed by atoms with Crippen LogP contribution in [0.4, 0.5) is 11.4 Å². The Kier molecular flexibility index (Phi) is 6.11. The molecule has 2 aromatic carbocycles. The number of benzene rings is 2. The van der Waals surface area contributed by atoms with Gasteiger partial charge in [-0.05, 0) is 49.6 Å². The standard InChI is InChI=1S/C21H23ClN4O5S/c1-14-2-6-17(32(30,31)23-16-4-5-16)13-18(14)21(27)25-10-8-24(9-11-25)19-7-3-15(22)12-20(19)26(28)29/h2-3,6-7,12-13,16,23H,4-5,8-11H2,1H3. The lowest BCUT2D eigenvalue weighted by molar-refractivity contribution is -0.384. The zero-order valence-electron chi connectivity index (χ0n) is 17.5. The van der Waals surface area contributed by atoms with E-state index in [0.717, 1.165) is 12.8 Å². The normalized spacial score (nSPS) is 16.8. The van der Waals surface area contributed by atoms with Gasteiger partial charge >= 0.3 is 0 Å². The number of nitrogens with zero attached hydrogens (tertiary/aromatic N) is 3. The lowest BCUT2D eigenvalue weighted by Gasteiger charge is -2.36. The number of hydrogen-bond donors (Lipinski definition) is 1. The number of nitrogens with one attached hydrogen (secondary N) is 1. The monoisotopic (exact) mass is 478 g/mol. The van der Waals surface area contributed by atoms with E-state index in [1.807, 2.05) is 4.90 Å². The molecule has 0 aromatic heterocycles. The summed E-state index contributed by atoms with van der Waals surface area (Å²) < 4.78 is 27.7. The average Bonchev–Trinajstić information content (AvgIpc) is 3.57. The molecule has 170 valence electrons. The molecule has 1 saturated heterocycles. The lowest BCUT2D eigenvalue weighted by atomic mass is 10.1. The summed E-state index contributed by atoms with van der Waals surface area (Å²) in [6.45, 7) is 3.30. The minimum atomic E-state index is -3.67. The van der Waals surface area contributed by atoms with E-state index in [4.69, 9.17) is 11.6 Å². The summed E-state index contributed by atoms with van der Waals surface area (Å²) in [4.78, 5) is 27.7. The Morgan fingerprint density at radius 3 is 2.44 bits per heavy atom. The maximum atomic E-state index is 13.2. The number of nitro groups is 1. The van der Waals surface area contributed by atoms with E-state index in [9.17, 15) is 23.3 Å². The van der Waals surface area contributed by atoms with Gasteiger partial charge in [0.2, 0.25) is 10.0 Å². The Labute approximate surface area is 191 Å². The second-order valence-electron chi connectivity index (χ2n) is 8.04. The van der Waals surface area contributed by atoms with Gasteiger partial charge in [-0.3, -0.25) is 14.9 Å². The Hall–Kier alpha value is -2.69. The van der Waals surface area contributed by atoms with Gasteiger partial charge in [-0.1, -0.05) is 17.7 Å². The number of nitro benzene ring substituents is 1. The summed E-state index contributed by atoms with van der Waals surface area (Å²) in [5.41, 5.74) is 1.42. The average molecular weight is 479 g/mol. The molecule has 1 aliphatic heterocycles. The fourth-order valence-corrected chi connectivity index (χ4v) is 5.22. The molecule has 1 saturated carbocycles. The first-order valence-corrected chi connectivity index (χ1v) is 12.1. The van der Waals surface area contributed by atoms with E-state index in [-0.39, 0.29) is 27.6 Å². The molecule has 1 amide bonds. The van der Waals surface area contributed by atoms with Crippen molar-refractivity contribution in [3.63, 3.8) is 0 Å². The van der Waals surface area contributed by atoms with Gasteiger partial charge in [-0.25, -0.2) is 13.1 Å². The number of rotatable bonds is 6. The van der Waals surface area contributed by atoms with Gasteiger partial charge in [0.15, 0.2) is 0 Å². The van der Waals surface area contributed by atoms with Crippen molar-refractivity contribution in [1.29, 1.82) is 0 Å². The molecule has 2 aromatic rings. The molecular weight excluding hydrogens is 456 g/mol. The van der Waals surface area contributed by atoms with Gasteiger partial charge in [0.05, 0.1) is 9.82 Å². The second kappa shape index (κ2) is 8.68. The first-order chi connectivity index (χ1) is 15.2. The Morgan fingerprint density at radius 2 is 1.81 bits per heavy atom. The first-order valence-electron chi connectivity index (χ1n) is 10.3. The van der Waals surface area contributed by atoms with Crippen molar-refractivity contribution in [1.82, 2.24) is 9.62 Å². The van der Waals surface area contributed by atoms with Crippen molar-refractivity contribution in [3.8, 4) is 0 Å². The molecule has 32 heavy (non-hydrogen) atoms. The van der Waals surface area contributed by atoms with Crippen molar-refractivity contribution in [2.45, 2.75) is 30.7 Å². The molecule has 0 atom stereocenters. The third kappa shape index (κ3) is 4.72. The van der Waals surface area contributed by atoms with E-state index >= 15 is 0 Å². The minimum Gasteiger partial charge on any atom is -0.362 e. The fraction of sp³-hybridized carbons (Fsp3) is 0.381. The van der Waals surface area contributed by atoms with Crippen molar-refractivity contribution in [3.05, 3.63) is 62.7 Å². The quantitative estimate of drug-likeness (QED) is 0.504. The maximum absolute atomic E-state index is 13.2. The molecule has 9 nitrogen and oxygen atoms in total. The van der Waals surface area contributed by atoms with E-state index in [1.54, 1.807) is 30.0 Å². The third-order valence-electron chi connectivity index (χ3n) is 5.69. The molecule has 1 heterocycles. The minimum absolute atomic E-state index is 0.0227. The van der Waals surface area contributed by atoms with Crippen molar-refractivity contribution < 1.29 is 18.1 Å². The number of piperazine rings is 1. The highest BCUT2D eigenvalue weighted by atomic mass is 35.5. The van der Waals surface area contributed by atoms with Gasteiger partial charge < -0.3 is 9.80 Å². The lowest BCUT2D eigenvalue weighted by Crippen LogP contribution is -2.49. The number of anilines is 1. The smallest absolute Gasteiger partial charge is 0.294 e. The van der Waals surface area contributed by atoms with Gasteiger partial charge in [0, 0.05) is 48.9 Å². The number of carbonyl (C=O) groups excluding carboxylic acids is 1. The highest BCUT2D eigenvalue weighted by Gasteiger charge is 2.30. The summed E-state index contributed by atoms with van der Waals surface area (Å²) in [6.07, 6.45) is 1.65. The summed E-state index contributed by atoms with van der Waals surface area (Å²) in [7, 11) is -3.67. The van der Waals surface area contributed by atoms with Crippen molar-refractivity contribution >= 4 is 38.9 Å². The molecule has 0 unspecified atom stereocenters. The van der Waals surface area contributed by atoms with E-state index in [2.05, 4.69) is 4.72 Å². The van der Waals surface area contributed by atoms with Gasteiger partial charge in [0.25, 0.3) is 11.6 Å². The number of halogens is 1. The van der Waals surface area contributed by atoms with Crippen LogP contribution in [0.15, 0.2) is 41.3 Å². The first kappa shape index (κ1) is 22.5. The Balaban J connectivity index is 1.49. The van der Waals surface area contributed by atoms with Crippen molar-refractivity contribution in [2.24, 2.45) is 0 Å². The number of sulfonamides is 1. The van der Waals surface area contributed by atoms with Crippen LogP contribution in [-0.4, -0.2) is 56.4 Å². The van der Waals surface area contributed by atoms with Crippen LogP contribution < -0.4 is 9.62 Å². The molecular formula is C21H23ClN4O5S. The van der Waals surface area contributed by atoms with Crippen LogP contribution in [0, 0.1) is 17.0 Å². The Bertz CT molecular complexity index is 1170. The summed E-state index contributed by atoms with van der Waals surface area (Å²) in [5, 5.41) is 11.7. The van der Waals surface area contributed by atoms with E-state index in [1.165, 1.54) is 18.2 Å². The molecule has 0 spiro atoms. The van der Waals surface area contributed by atoms with Crippen LogP contribution in [0.3, 0.4) is 0 Å². The topological polar surface area (TPSA) is 113 Å². The summed E-state index contributed by atoms with van der Waals surface area (Å²) in [6, 6.07) is 9.09. The van der Waals surface area contributed by atoms with Gasteiger partial charge in [0.1, 0.15) is 5.69 Å². The number of hydrogen-bond acceptors (Lipinski definition) is 6. The predicted molar refractivity (Wildman–Crippen MR) is 121 cm³/mol. The highest BCUT2D eigenvalue weighted by molar-refractivity contribution is 7.89. The van der Waals surface area contributed by atoms with Crippen LogP contribution >= 0.6 is 11.6 Å². The molecule has 1 N–H and O–H groups in total. The molecule has 11 heteroatoms. The van der Waals surface area contributed by atoms with Crippen LogP contribution in [0.2, 0.25) is 5.02 Å². The molecule has 2 fully saturated rings.